The minimum absolute atomic E-state index is 0.0305. The van der Waals surface area contributed by atoms with Crippen molar-refractivity contribution in [2.75, 3.05) is 37.4 Å². The predicted molar refractivity (Wildman–Crippen MR) is 118 cm³/mol. The lowest BCUT2D eigenvalue weighted by atomic mass is 9.96. The van der Waals surface area contributed by atoms with Crippen LogP contribution in [0.5, 0.6) is 0 Å². The number of carbonyl (C=O) groups excluding carboxylic acids is 3. The topological polar surface area (TPSA) is 81.8 Å². The quantitative estimate of drug-likeness (QED) is 0.780. The van der Waals surface area contributed by atoms with Crippen LogP contribution in [-0.4, -0.2) is 49.9 Å². The summed E-state index contributed by atoms with van der Waals surface area (Å²) in [7, 11) is 3.33. The molecule has 1 saturated heterocycles. The second kappa shape index (κ2) is 9.63. The fourth-order valence-corrected chi connectivity index (χ4v) is 3.55. The van der Waals surface area contributed by atoms with E-state index in [1.165, 1.54) is 0 Å². The first kappa shape index (κ1) is 21.6. The van der Waals surface area contributed by atoms with Gasteiger partial charge in [-0.15, -0.1) is 0 Å². The van der Waals surface area contributed by atoms with E-state index in [2.05, 4.69) is 10.6 Å². The molecule has 2 aromatic rings. The second-order valence-corrected chi connectivity index (χ2v) is 7.66. The number of benzene rings is 2. The fourth-order valence-electron chi connectivity index (χ4n) is 3.42. The van der Waals surface area contributed by atoms with Gasteiger partial charge in [-0.1, -0.05) is 11.6 Å². The van der Waals surface area contributed by atoms with Crippen LogP contribution in [-0.2, 0) is 4.79 Å². The van der Waals surface area contributed by atoms with Crippen LogP contribution in [0.15, 0.2) is 48.5 Å². The Bertz CT molecular complexity index is 907. The minimum Gasteiger partial charge on any atom is -0.359 e. The normalized spacial score (nSPS) is 14.2. The van der Waals surface area contributed by atoms with Crippen LogP contribution in [0.1, 0.15) is 23.2 Å². The third-order valence-corrected chi connectivity index (χ3v) is 5.55. The summed E-state index contributed by atoms with van der Waals surface area (Å²) in [6.45, 7) is 1.08. The lowest BCUT2D eigenvalue weighted by molar-refractivity contribution is -0.125. The number of anilines is 2. The zero-order chi connectivity index (χ0) is 21.7. The number of rotatable bonds is 4. The van der Waals surface area contributed by atoms with Gasteiger partial charge in [0.05, 0.1) is 0 Å². The molecular formula is C22H25ClN4O3. The first-order valence-corrected chi connectivity index (χ1v) is 10.2. The maximum Gasteiger partial charge on any atom is 0.321 e. The second-order valence-electron chi connectivity index (χ2n) is 7.22. The van der Waals surface area contributed by atoms with Crippen molar-refractivity contribution in [1.29, 1.82) is 0 Å². The Balaban J connectivity index is 1.56. The number of nitrogens with zero attached hydrogens (tertiary/aromatic N) is 2. The van der Waals surface area contributed by atoms with Crippen molar-refractivity contribution in [3.63, 3.8) is 0 Å². The van der Waals surface area contributed by atoms with E-state index in [0.717, 1.165) is 0 Å². The van der Waals surface area contributed by atoms with Gasteiger partial charge in [0.15, 0.2) is 0 Å². The summed E-state index contributed by atoms with van der Waals surface area (Å²) in [6, 6.07) is 13.6. The average Bonchev–Trinajstić information content (AvgIpc) is 2.78. The Labute approximate surface area is 181 Å². The molecule has 0 aliphatic carbocycles. The van der Waals surface area contributed by atoms with Crippen molar-refractivity contribution in [1.82, 2.24) is 10.2 Å². The first-order chi connectivity index (χ1) is 14.4. The molecule has 0 atom stereocenters. The lowest BCUT2D eigenvalue weighted by Gasteiger charge is -2.31. The molecule has 1 heterocycles. The predicted octanol–water partition coefficient (Wildman–Crippen LogP) is 3.61. The zero-order valence-corrected chi connectivity index (χ0v) is 17.8. The molecule has 0 saturated carbocycles. The minimum atomic E-state index is -0.191. The van der Waals surface area contributed by atoms with Crippen LogP contribution >= 0.6 is 11.6 Å². The molecule has 1 aliphatic rings. The highest BCUT2D eigenvalue weighted by Crippen LogP contribution is 2.21. The van der Waals surface area contributed by atoms with E-state index in [-0.39, 0.29) is 23.8 Å². The van der Waals surface area contributed by atoms with E-state index < -0.39 is 0 Å². The molecule has 1 aliphatic heterocycles. The Kier molecular flexibility index (Phi) is 6.95. The van der Waals surface area contributed by atoms with E-state index in [9.17, 15) is 14.4 Å². The molecule has 0 unspecified atom stereocenters. The molecule has 3 rings (SSSR count). The molecule has 0 aromatic heterocycles. The third kappa shape index (κ3) is 5.10. The van der Waals surface area contributed by atoms with Crippen LogP contribution in [0.2, 0.25) is 5.02 Å². The molecule has 158 valence electrons. The number of likely N-dealkylation sites (tertiary alicyclic amines) is 1. The lowest BCUT2D eigenvalue weighted by Crippen LogP contribution is -2.44. The van der Waals surface area contributed by atoms with Gasteiger partial charge in [-0.2, -0.15) is 0 Å². The van der Waals surface area contributed by atoms with Gasteiger partial charge in [-0.05, 0) is 61.4 Å². The van der Waals surface area contributed by atoms with E-state index >= 15 is 0 Å². The number of hydrogen-bond donors (Lipinski definition) is 2. The van der Waals surface area contributed by atoms with E-state index in [1.54, 1.807) is 72.4 Å². The molecule has 1 fully saturated rings. The molecule has 4 amide bonds. The summed E-state index contributed by atoms with van der Waals surface area (Å²) in [5.41, 5.74) is 1.89. The van der Waals surface area contributed by atoms with Crippen LogP contribution < -0.4 is 15.5 Å². The van der Waals surface area contributed by atoms with Crippen molar-refractivity contribution < 1.29 is 14.4 Å². The number of halogens is 1. The molecule has 2 aromatic carbocycles. The summed E-state index contributed by atoms with van der Waals surface area (Å²) in [5, 5.41) is 6.11. The molecule has 0 radical (unpaired) electrons. The number of carbonyl (C=O) groups is 3. The van der Waals surface area contributed by atoms with Gasteiger partial charge in [-0.25, -0.2) is 4.79 Å². The molecular weight excluding hydrogens is 404 g/mol. The van der Waals surface area contributed by atoms with Crippen LogP contribution in [0, 0.1) is 5.92 Å². The Morgan fingerprint density at radius 2 is 1.60 bits per heavy atom. The number of amides is 4. The summed E-state index contributed by atoms with van der Waals surface area (Å²) < 4.78 is 0. The smallest absolute Gasteiger partial charge is 0.321 e. The van der Waals surface area contributed by atoms with Crippen LogP contribution in [0.25, 0.3) is 0 Å². The van der Waals surface area contributed by atoms with Gasteiger partial charge in [0, 0.05) is 55.1 Å². The number of urea groups is 1. The van der Waals surface area contributed by atoms with E-state index in [4.69, 9.17) is 11.6 Å². The van der Waals surface area contributed by atoms with Crippen LogP contribution in [0.3, 0.4) is 0 Å². The van der Waals surface area contributed by atoms with Crippen molar-refractivity contribution in [3.8, 4) is 0 Å². The van der Waals surface area contributed by atoms with Crippen molar-refractivity contribution in [2.24, 2.45) is 5.92 Å². The zero-order valence-electron chi connectivity index (χ0n) is 17.0. The van der Waals surface area contributed by atoms with Gasteiger partial charge >= 0.3 is 6.03 Å². The monoisotopic (exact) mass is 428 g/mol. The van der Waals surface area contributed by atoms with Gasteiger partial charge in [-0.3, -0.25) is 9.59 Å². The molecule has 0 bridgehead atoms. The Hall–Kier alpha value is -3.06. The molecule has 0 spiro atoms. The number of piperidine rings is 1. The summed E-state index contributed by atoms with van der Waals surface area (Å²) >= 11 is 5.87. The Morgan fingerprint density at radius 1 is 1.00 bits per heavy atom. The highest BCUT2D eigenvalue weighted by Gasteiger charge is 2.26. The SMILES string of the molecule is CNC(=O)C1CCN(C(=O)Nc2ccc(N(C)C(=O)c3ccc(Cl)cc3)cc2)CC1. The summed E-state index contributed by atoms with van der Waals surface area (Å²) in [4.78, 5) is 40.1. The first-order valence-electron chi connectivity index (χ1n) is 9.80. The van der Waals surface area contributed by atoms with E-state index in [0.29, 0.717) is 47.9 Å². The largest absolute Gasteiger partial charge is 0.359 e. The Morgan fingerprint density at radius 3 is 2.17 bits per heavy atom. The standard InChI is InChI=1S/C22H25ClN4O3/c1-24-20(28)15-11-13-27(14-12-15)22(30)25-18-7-9-19(10-8-18)26(2)21(29)16-3-5-17(23)6-4-16/h3-10,15H,11-14H2,1-2H3,(H,24,28)(H,25,30). The fraction of sp³-hybridized carbons (Fsp3) is 0.318. The maximum absolute atomic E-state index is 12.6. The average molecular weight is 429 g/mol. The van der Waals surface area contributed by atoms with E-state index in [1.807, 2.05) is 0 Å². The van der Waals surface area contributed by atoms with Crippen molar-refractivity contribution in [2.45, 2.75) is 12.8 Å². The third-order valence-electron chi connectivity index (χ3n) is 5.30. The van der Waals surface area contributed by atoms with Crippen molar-refractivity contribution >= 4 is 40.8 Å². The molecule has 8 heteroatoms. The molecule has 7 nitrogen and oxygen atoms in total. The molecule has 30 heavy (non-hydrogen) atoms. The summed E-state index contributed by atoms with van der Waals surface area (Å²) in [6.07, 6.45) is 1.31. The molecule has 2 N–H and O–H groups in total. The van der Waals surface area contributed by atoms with Gasteiger partial charge in [0.2, 0.25) is 5.91 Å². The number of nitrogens with one attached hydrogen (secondary N) is 2. The number of hydrogen-bond acceptors (Lipinski definition) is 3. The highest BCUT2D eigenvalue weighted by molar-refractivity contribution is 6.30. The van der Waals surface area contributed by atoms with Crippen LogP contribution in [0.4, 0.5) is 16.2 Å². The highest BCUT2D eigenvalue weighted by atomic mass is 35.5. The van der Waals surface area contributed by atoms with Gasteiger partial charge in [0.1, 0.15) is 0 Å². The van der Waals surface area contributed by atoms with Crippen molar-refractivity contribution in [3.05, 3.63) is 59.1 Å². The maximum atomic E-state index is 12.6. The van der Waals surface area contributed by atoms with Gasteiger partial charge < -0.3 is 20.4 Å². The summed E-state index contributed by atoms with van der Waals surface area (Å²) in [5.74, 6) is -0.155. The van der Waals surface area contributed by atoms with Gasteiger partial charge in [0.25, 0.3) is 5.91 Å².